The van der Waals surface area contributed by atoms with Gasteiger partial charge in [-0.15, -0.1) is 0 Å². The predicted octanol–water partition coefficient (Wildman–Crippen LogP) is 1.68. The highest BCUT2D eigenvalue weighted by atomic mass is 16.1. The monoisotopic (exact) mass is 224 g/mol. The summed E-state index contributed by atoms with van der Waals surface area (Å²) >= 11 is 0. The van der Waals surface area contributed by atoms with Gasteiger partial charge in [-0.3, -0.25) is 4.79 Å². The number of hydrogen-bond acceptors (Lipinski definition) is 2. The third kappa shape index (κ3) is 1.86. The van der Waals surface area contributed by atoms with Crippen LogP contribution in [0.4, 0.5) is 0 Å². The molecule has 0 aromatic heterocycles. The fraction of sp³-hybridized carbons (Fsp3) is 0.923. The average Bonchev–Trinajstić information content (AvgIpc) is 2.66. The molecule has 0 spiro atoms. The lowest BCUT2D eigenvalue weighted by Gasteiger charge is -2.16. The third-order valence-electron chi connectivity index (χ3n) is 4.91. The van der Waals surface area contributed by atoms with Crippen LogP contribution in [0.25, 0.3) is 0 Å². The maximum atomic E-state index is 11.5. The highest BCUT2D eigenvalue weighted by molar-refractivity contribution is 5.76. The van der Waals surface area contributed by atoms with E-state index < -0.39 is 0 Å². The number of carbonyl (C=O) groups excluding carboxylic acids is 1. The van der Waals surface area contributed by atoms with Crippen LogP contribution in [0, 0.1) is 10.8 Å². The van der Waals surface area contributed by atoms with Gasteiger partial charge in [0.1, 0.15) is 0 Å². The van der Waals surface area contributed by atoms with Gasteiger partial charge in [-0.25, -0.2) is 0 Å². The van der Waals surface area contributed by atoms with Crippen molar-refractivity contribution >= 4 is 5.91 Å². The second kappa shape index (κ2) is 3.73. The Kier molecular flexibility index (Phi) is 2.77. The Bertz CT molecular complexity index is 282. The lowest BCUT2D eigenvalue weighted by atomic mass is 10.0. The summed E-state index contributed by atoms with van der Waals surface area (Å²) in [4.78, 5) is 11.5. The number of carbonyl (C=O) groups is 1. The normalized spacial score (nSPS) is 33.0. The van der Waals surface area contributed by atoms with E-state index >= 15 is 0 Å². The Morgan fingerprint density at radius 3 is 2.44 bits per heavy atom. The fourth-order valence-corrected chi connectivity index (χ4v) is 2.97. The van der Waals surface area contributed by atoms with E-state index in [1.54, 1.807) is 0 Å². The minimum Gasteiger partial charge on any atom is -0.356 e. The molecule has 1 saturated heterocycles. The Balaban J connectivity index is 1.93. The molecule has 1 aliphatic carbocycles. The zero-order valence-corrected chi connectivity index (χ0v) is 10.9. The number of amides is 1. The second-order valence-corrected chi connectivity index (χ2v) is 6.44. The molecule has 2 fully saturated rings. The van der Waals surface area contributed by atoms with Crippen LogP contribution in [-0.4, -0.2) is 24.5 Å². The van der Waals surface area contributed by atoms with Crippen LogP contribution in [0.5, 0.6) is 0 Å². The zero-order valence-electron chi connectivity index (χ0n) is 10.9. The molecule has 0 radical (unpaired) electrons. The topological polar surface area (TPSA) is 41.1 Å². The average molecular weight is 224 g/mol. The summed E-state index contributed by atoms with van der Waals surface area (Å²) in [6.45, 7) is 10.1. The van der Waals surface area contributed by atoms with Gasteiger partial charge in [-0.2, -0.15) is 0 Å². The largest absolute Gasteiger partial charge is 0.356 e. The van der Waals surface area contributed by atoms with Crippen LogP contribution < -0.4 is 10.6 Å². The molecule has 1 unspecified atom stereocenters. The molecule has 1 saturated carbocycles. The maximum absolute atomic E-state index is 11.5. The number of nitrogens with one attached hydrogen (secondary N) is 2. The molecule has 3 heteroatoms. The van der Waals surface area contributed by atoms with Crippen molar-refractivity contribution in [1.82, 2.24) is 10.6 Å². The van der Waals surface area contributed by atoms with Crippen LogP contribution in [0.3, 0.4) is 0 Å². The second-order valence-electron chi connectivity index (χ2n) is 6.44. The van der Waals surface area contributed by atoms with Crippen molar-refractivity contribution in [2.45, 2.75) is 59.0 Å². The van der Waals surface area contributed by atoms with E-state index in [4.69, 9.17) is 0 Å². The summed E-state index contributed by atoms with van der Waals surface area (Å²) in [5.74, 6) is 0.200. The van der Waals surface area contributed by atoms with Crippen LogP contribution >= 0.6 is 0 Å². The van der Waals surface area contributed by atoms with Crippen molar-refractivity contribution in [3.8, 4) is 0 Å². The molecule has 0 bridgehead atoms. The van der Waals surface area contributed by atoms with Gasteiger partial charge >= 0.3 is 0 Å². The SMILES string of the molecule is CC1(C)C(NC2CCCNC(=O)C2)C1(C)C. The summed E-state index contributed by atoms with van der Waals surface area (Å²) in [6, 6.07) is 0.921. The standard InChI is InChI=1S/C13H24N2O/c1-12(2)11(13(12,3)4)15-9-6-5-7-14-10(16)8-9/h9,11,15H,5-8H2,1-4H3,(H,14,16). The van der Waals surface area contributed by atoms with Crippen LogP contribution in [-0.2, 0) is 4.79 Å². The van der Waals surface area contributed by atoms with Crippen molar-refractivity contribution in [1.29, 1.82) is 0 Å². The summed E-state index contributed by atoms with van der Waals surface area (Å²) in [7, 11) is 0. The molecule has 1 amide bonds. The first-order valence-corrected chi connectivity index (χ1v) is 6.38. The maximum Gasteiger partial charge on any atom is 0.221 e. The number of rotatable bonds is 2. The molecule has 2 rings (SSSR count). The van der Waals surface area contributed by atoms with E-state index in [1.807, 2.05) is 0 Å². The van der Waals surface area contributed by atoms with E-state index in [-0.39, 0.29) is 5.91 Å². The quantitative estimate of drug-likeness (QED) is 0.749. The lowest BCUT2D eigenvalue weighted by Crippen LogP contribution is -2.36. The van der Waals surface area contributed by atoms with Crippen molar-refractivity contribution in [3.05, 3.63) is 0 Å². The third-order valence-corrected chi connectivity index (χ3v) is 4.91. The Morgan fingerprint density at radius 2 is 1.88 bits per heavy atom. The van der Waals surface area contributed by atoms with Gasteiger partial charge in [-0.1, -0.05) is 27.7 Å². The van der Waals surface area contributed by atoms with Gasteiger partial charge in [0.25, 0.3) is 0 Å². The smallest absolute Gasteiger partial charge is 0.221 e. The summed E-state index contributed by atoms with van der Waals surface area (Å²) in [5, 5.41) is 6.61. The van der Waals surface area contributed by atoms with Gasteiger partial charge in [0, 0.05) is 25.0 Å². The Hall–Kier alpha value is -0.570. The van der Waals surface area contributed by atoms with E-state index in [9.17, 15) is 4.79 Å². The van der Waals surface area contributed by atoms with E-state index in [1.165, 1.54) is 0 Å². The molecule has 0 aromatic rings. The molecule has 92 valence electrons. The minimum absolute atomic E-state index is 0.200. The van der Waals surface area contributed by atoms with Gasteiger partial charge in [0.15, 0.2) is 0 Å². The molecule has 2 N–H and O–H groups in total. The minimum atomic E-state index is 0.200. The summed E-state index contributed by atoms with van der Waals surface area (Å²) in [6.07, 6.45) is 2.85. The van der Waals surface area contributed by atoms with E-state index in [0.717, 1.165) is 19.4 Å². The molecule has 1 atom stereocenters. The first kappa shape index (κ1) is 11.9. The lowest BCUT2D eigenvalue weighted by molar-refractivity contribution is -0.121. The molecular weight excluding hydrogens is 200 g/mol. The molecule has 3 nitrogen and oxygen atoms in total. The van der Waals surface area contributed by atoms with Crippen molar-refractivity contribution in [3.63, 3.8) is 0 Å². The van der Waals surface area contributed by atoms with Gasteiger partial charge in [-0.05, 0) is 23.7 Å². The summed E-state index contributed by atoms with van der Waals surface area (Å²) < 4.78 is 0. The molecular formula is C13H24N2O. The van der Waals surface area contributed by atoms with E-state index in [2.05, 4.69) is 38.3 Å². The molecule has 1 heterocycles. The highest BCUT2D eigenvalue weighted by Crippen LogP contribution is 2.62. The molecule has 0 aromatic carbocycles. The van der Waals surface area contributed by atoms with Gasteiger partial charge in [0.2, 0.25) is 5.91 Å². The van der Waals surface area contributed by atoms with Crippen molar-refractivity contribution in [2.24, 2.45) is 10.8 Å². The van der Waals surface area contributed by atoms with Crippen LogP contribution in [0.2, 0.25) is 0 Å². The number of hydrogen-bond donors (Lipinski definition) is 2. The van der Waals surface area contributed by atoms with Gasteiger partial charge in [0.05, 0.1) is 0 Å². The van der Waals surface area contributed by atoms with Crippen molar-refractivity contribution < 1.29 is 4.79 Å². The molecule has 16 heavy (non-hydrogen) atoms. The fourth-order valence-electron chi connectivity index (χ4n) is 2.97. The van der Waals surface area contributed by atoms with E-state index in [0.29, 0.717) is 29.3 Å². The highest BCUT2D eigenvalue weighted by Gasteiger charge is 2.64. The van der Waals surface area contributed by atoms with Gasteiger partial charge < -0.3 is 10.6 Å². The Morgan fingerprint density at radius 1 is 1.25 bits per heavy atom. The Labute approximate surface area is 98.4 Å². The predicted molar refractivity (Wildman–Crippen MR) is 65.1 cm³/mol. The molecule has 2 aliphatic rings. The zero-order chi connectivity index (χ0) is 12.0. The van der Waals surface area contributed by atoms with Crippen molar-refractivity contribution in [2.75, 3.05) is 6.54 Å². The van der Waals surface area contributed by atoms with Crippen LogP contribution in [0.15, 0.2) is 0 Å². The van der Waals surface area contributed by atoms with Crippen LogP contribution in [0.1, 0.15) is 47.0 Å². The first-order valence-electron chi connectivity index (χ1n) is 6.38. The molecule has 1 aliphatic heterocycles. The summed E-state index contributed by atoms with van der Waals surface area (Å²) in [5.41, 5.74) is 0.714. The first-order chi connectivity index (χ1) is 7.35.